The fourth-order valence-corrected chi connectivity index (χ4v) is 3.32. The molecule has 0 aliphatic rings. The maximum absolute atomic E-state index is 12.8. The molecule has 4 rings (SSSR count). The van der Waals surface area contributed by atoms with E-state index in [1.165, 1.54) is 0 Å². The fourth-order valence-electron chi connectivity index (χ4n) is 3.16. The van der Waals surface area contributed by atoms with E-state index in [2.05, 4.69) is 10.3 Å². The van der Waals surface area contributed by atoms with E-state index in [0.29, 0.717) is 22.1 Å². The van der Waals surface area contributed by atoms with Crippen LogP contribution in [0.1, 0.15) is 27.2 Å². The Kier molecular flexibility index (Phi) is 3.93. The molecule has 0 fully saturated rings. The van der Waals surface area contributed by atoms with Crippen molar-refractivity contribution in [3.05, 3.63) is 70.1 Å². The number of nitrogens with one attached hydrogen (secondary N) is 1. The zero-order valence-corrected chi connectivity index (χ0v) is 15.4. The quantitative estimate of drug-likeness (QED) is 0.488. The lowest BCUT2D eigenvalue weighted by Gasteiger charge is -2.09. The van der Waals surface area contributed by atoms with Crippen molar-refractivity contribution in [2.45, 2.75) is 20.8 Å². The minimum Gasteiger partial charge on any atom is -0.451 e. The number of amides is 1. The van der Waals surface area contributed by atoms with Crippen LogP contribution in [0.3, 0.4) is 0 Å². The Hall–Kier alpha value is -2.85. The second kappa shape index (κ2) is 6.15. The van der Waals surface area contributed by atoms with Gasteiger partial charge in [-0.3, -0.25) is 9.78 Å². The third-order valence-corrected chi connectivity index (χ3v) is 5.05. The zero-order valence-electron chi connectivity index (χ0n) is 14.7. The number of carbonyl (C=O) groups excluding carboxylic acids is 1. The van der Waals surface area contributed by atoms with Crippen LogP contribution in [0, 0.1) is 20.8 Å². The van der Waals surface area contributed by atoms with E-state index in [-0.39, 0.29) is 5.91 Å². The van der Waals surface area contributed by atoms with Crippen molar-refractivity contribution in [2.75, 3.05) is 5.32 Å². The molecule has 0 aliphatic heterocycles. The van der Waals surface area contributed by atoms with Crippen molar-refractivity contribution < 1.29 is 9.21 Å². The average molecular weight is 365 g/mol. The summed E-state index contributed by atoms with van der Waals surface area (Å²) in [5, 5.41) is 5.36. The third-order valence-electron chi connectivity index (χ3n) is 4.64. The Morgan fingerprint density at radius 1 is 1.08 bits per heavy atom. The van der Waals surface area contributed by atoms with Gasteiger partial charge in [0.15, 0.2) is 5.76 Å². The highest BCUT2D eigenvalue weighted by Crippen LogP contribution is 2.31. The number of nitrogens with zero attached hydrogens (tertiary/aromatic N) is 1. The summed E-state index contributed by atoms with van der Waals surface area (Å²) in [5.41, 5.74) is 4.98. The molecule has 2 aromatic carbocycles. The van der Waals surface area contributed by atoms with Gasteiger partial charge in [0.25, 0.3) is 5.91 Å². The molecule has 0 atom stereocenters. The summed E-state index contributed by atoms with van der Waals surface area (Å²) in [7, 11) is 0. The molecule has 0 aliphatic carbocycles. The highest BCUT2D eigenvalue weighted by Gasteiger charge is 2.19. The van der Waals surface area contributed by atoms with E-state index in [1.807, 2.05) is 57.2 Å². The summed E-state index contributed by atoms with van der Waals surface area (Å²) in [6.07, 6.45) is 1.75. The van der Waals surface area contributed by atoms with Gasteiger partial charge in [0.1, 0.15) is 5.58 Å². The molecule has 1 N–H and O–H groups in total. The number of aromatic nitrogens is 1. The molecule has 26 heavy (non-hydrogen) atoms. The molecule has 0 radical (unpaired) electrons. The van der Waals surface area contributed by atoms with Crippen molar-refractivity contribution in [1.29, 1.82) is 0 Å². The van der Waals surface area contributed by atoms with E-state index in [4.69, 9.17) is 16.0 Å². The van der Waals surface area contributed by atoms with Crippen LogP contribution in [0.15, 0.2) is 47.0 Å². The lowest BCUT2D eigenvalue weighted by molar-refractivity contribution is 0.0998. The van der Waals surface area contributed by atoms with Gasteiger partial charge in [-0.15, -0.1) is 0 Å². The van der Waals surface area contributed by atoms with E-state index >= 15 is 0 Å². The van der Waals surface area contributed by atoms with Gasteiger partial charge in [-0.25, -0.2) is 0 Å². The number of fused-ring (bicyclic) bond motifs is 2. The number of anilines is 1. The van der Waals surface area contributed by atoms with Crippen LogP contribution < -0.4 is 5.32 Å². The Morgan fingerprint density at radius 3 is 2.69 bits per heavy atom. The second-order valence-corrected chi connectivity index (χ2v) is 6.84. The van der Waals surface area contributed by atoms with Crippen molar-refractivity contribution in [3.63, 3.8) is 0 Å². The minimum atomic E-state index is -0.290. The number of pyridine rings is 1. The largest absolute Gasteiger partial charge is 0.451 e. The van der Waals surface area contributed by atoms with E-state index in [0.717, 1.165) is 33.0 Å². The summed E-state index contributed by atoms with van der Waals surface area (Å²) in [6.45, 7) is 5.77. The topological polar surface area (TPSA) is 55.1 Å². The van der Waals surface area contributed by atoms with Crippen LogP contribution in [-0.2, 0) is 0 Å². The van der Waals surface area contributed by atoms with Crippen LogP contribution in [0.5, 0.6) is 0 Å². The minimum absolute atomic E-state index is 0.290. The number of carbonyl (C=O) groups is 1. The van der Waals surface area contributed by atoms with Gasteiger partial charge in [0, 0.05) is 27.6 Å². The molecule has 4 aromatic rings. The molecule has 2 aromatic heterocycles. The monoisotopic (exact) mass is 364 g/mol. The third kappa shape index (κ3) is 2.63. The molecule has 0 bridgehead atoms. The molecule has 5 heteroatoms. The number of furan rings is 1. The summed E-state index contributed by atoms with van der Waals surface area (Å²) in [5.74, 6) is 0.000707. The maximum Gasteiger partial charge on any atom is 0.291 e. The first-order valence-electron chi connectivity index (χ1n) is 8.30. The number of aryl methyl sites for hydroxylation is 3. The first kappa shape index (κ1) is 16.6. The first-order valence-corrected chi connectivity index (χ1v) is 8.68. The van der Waals surface area contributed by atoms with Crippen LogP contribution in [0.2, 0.25) is 5.02 Å². The molecule has 4 nitrogen and oxygen atoms in total. The molecule has 0 saturated carbocycles. The Bertz CT molecular complexity index is 1180. The SMILES string of the molecule is Cc1cc2oc(C(=O)Nc3ccc(C)c4ncccc34)c(C)c2cc1Cl. The number of halogens is 1. The first-order chi connectivity index (χ1) is 12.5. The number of hydrogen-bond donors (Lipinski definition) is 1. The molecular formula is C21H17ClN2O2. The van der Waals surface area contributed by atoms with Gasteiger partial charge < -0.3 is 9.73 Å². The predicted molar refractivity (Wildman–Crippen MR) is 105 cm³/mol. The average Bonchev–Trinajstić information content (AvgIpc) is 2.94. The van der Waals surface area contributed by atoms with Crippen LogP contribution in [0.4, 0.5) is 5.69 Å². The zero-order chi connectivity index (χ0) is 18.4. The molecule has 130 valence electrons. The van der Waals surface area contributed by atoms with E-state index in [1.54, 1.807) is 6.20 Å². The standard InChI is InChI=1S/C21H17ClN2O2/c1-11-6-7-17(14-5-4-8-23-19(11)14)24-21(25)20-13(3)15-10-16(22)12(2)9-18(15)26-20/h4-10H,1-3H3,(H,24,25). The fraction of sp³-hybridized carbons (Fsp3) is 0.143. The maximum atomic E-state index is 12.8. The molecular weight excluding hydrogens is 348 g/mol. The van der Waals surface area contributed by atoms with Crippen molar-refractivity contribution >= 4 is 45.1 Å². The Balaban J connectivity index is 1.77. The Morgan fingerprint density at radius 2 is 1.88 bits per heavy atom. The molecule has 1 amide bonds. The summed E-state index contributed by atoms with van der Waals surface area (Å²) in [6, 6.07) is 11.3. The lowest BCUT2D eigenvalue weighted by atomic mass is 10.1. The summed E-state index contributed by atoms with van der Waals surface area (Å²) >= 11 is 6.21. The number of rotatable bonds is 2. The molecule has 0 saturated heterocycles. The van der Waals surface area contributed by atoms with Crippen LogP contribution in [0.25, 0.3) is 21.9 Å². The van der Waals surface area contributed by atoms with E-state index < -0.39 is 0 Å². The van der Waals surface area contributed by atoms with Crippen molar-refractivity contribution in [1.82, 2.24) is 4.98 Å². The van der Waals surface area contributed by atoms with E-state index in [9.17, 15) is 4.79 Å². The lowest BCUT2D eigenvalue weighted by Crippen LogP contribution is -2.12. The molecule has 0 spiro atoms. The Labute approximate surface area is 155 Å². The highest BCUT2D eigenvalue weighted by molar-refractivity contribution is 6.32. The molecule has 0 unspecified atom stereocenters. The van der Waals surface area contributed by atoms with Crippen LogP contribution in [-0.4, -0.2) is 10.9 Å². The van der Waals surface area contributed by atoms with Gasteiger partial charge in [0.05, 0.1) is 11.2 Å². The second-order valence-electron chi connectivity index (χ2n) is 6.44. The number of benzene rings is 2. The van der Waals surface area contributed by atoms with Crippen molar-refractivity contribution in [3.8, 4) is 0 Å². The van der Waals surface area contributed by atoms with Crippen molar-refractivity contribution in [2.24, 2.45) is 0 Å². The van der Waals surface area contributed by atoms with Gasteiger partial charge in [-0.1, -0.05) is 17.7 Å². The van der Waals surface area contributed by atoms with Crippen LogP contribution >= 0.6 is 11.6 Å². The smallest absolute Gasteiger partial charge is 0.291 e. The summed E-state index contributed by atoms with van der Waals surface area (Å²) in [4.78, 5) is 17.2. The van der Waals surface area contributed by atoms with Gasteiger partial charge in [-0.05, 0) is 62.2 Å². The number of hydrogen-bond acceptors (Lipinski definition) is 3. The summed E-state index contributed by atoms with van der Waals surface area (Å²) < 4.78 is 5.82. The predicted octanol–water partition coefficient (Wildman–Crippen LogP) is 5.81. The normalized spacial score (nSPS) is 11.2. The van der Waals surface area contributed by atoms with Gasteiger partial charge in [-0.2, -0.15) is 0 Å². The van der Waals surface area contributed by atoms with Gasteiger partial charge >= 0.3 is 0 Å². The molecule has 2 heterocycles. The highest BCUT2D eigenvalue weighted by atomic mass is 35.5. The van der Waals surface area contributed by atoms with Gasteiger partial charge in [0.2, 0.25) is 0 Å².